The van der Waals surface area contributed by atoms with E-state index in [1.54, 1.807) is 11.4 Å². The highest BCUT2D eigenvalue weighted by molar-refractivity contribution is 8.01. The average molecular weight is 418 g/mol. The summed E-state index contributed by atoms with van der Waals surface area (Å²) in [6.45, 7) is 7.08. The molecule has 3 aromatic rings. The number of carbonyl (C=O) groups is 2. The van der Waals surface area contributed by atoms with E-state index in [9.17, 15) is 9.59 Å². The van der Waals surface area contributed by atoms with Crippen molar-refractivity contribution in [2.75, 3.05) is 6.61 Å². The molecule has 0 aliphatic carbocycles. The highest BCUT2D eigenvalue weighted by Gasteiger charge is 2.28. The highest BCUT2D eigenvalue weighted by atomic mass is 35.5. The van der Waals surface area contributed by atoms with Gasteiger partial charge in [-0.1, -0.05) is 35.5 Å². The largest absolute Gasteiger partial charge is 0.465 e. The molecule has 0 aliphatic rings. The Morgan fingerprint density at radius 2 is 1.93 bits per heavy atom. The molecule has 0 amide bonds. The van der Waals surface area contributed by atoms with Gasteiger partial charge in [-0.3, -0.25) is 9.59 Å². The van der Waals surface area contributed by atoms with Crippen LogP contribution in [-0.2, 0) is 14.3 Å². The summed E-state index contributed by atoms with van der Waals surface area (Å²) >= 11 is 7.13. The second-order valence-corrected chi connectivity index (χ2v) is 7.86. The highest BCUT2D eigenvalue weighted by Crippen LogP contribution is 2.32. The molecule has 1 aromatic carbocycles. The first-order valence-electron chi connectivity index (χ1n) is 8.78. The summed E-state index contributed by atoms with van der Waals surface area (Å²) in [5.41, 5.74) is 4.04. The number of carbonyl (C=O) groups excluding carboxylic acids is 2. The fourth-order valence-electron chi connectivity index (χ4n) is 2.89. The van der Waals surface area contributed by atoms with Crippen LogP contribution >= 0.6 is 23.4 Å². The molecule has 0 bridgehead atoms. The van der Waals surface area contributed by atoms with Gasteiger partial charge >= 0.3 is 5.97 Å². The number of hydrogen-bond donors (Lipinski definition) is 0. The zero-order chi connectivity index (χ0) is 20.4. The zero-order valence-corrected chi connectivity index (χ0v) is 17.6. The van der Waals surface area contributed by atoms with Crippen molar-refractivity contribution in [2.45, 2.75) is 38.0 Å². The summed E-state index contributed by atoms with van der Waals surface area (Å²) in [5, 5.41) is 4.96. The van der Waals surface area contributed by atoms with Gasteiger partial charge in [0.1, 0.15) is 5.03 Å². The molecule has 0 spiro atoms. The lowest BCUT2D eigenvalue weighted by Gasteiger charge is -2.13. The normalized spacial score (nSPS) is 12.2. The van der Waals surface area contributed by atoms with Crippen molar-refractivity contribution in [2.24, 2.45) is 0 Å². The van der Waals surface area contributed by atoms with E-state index >= 15 is 0 Å². The molecule has 8 heteroatoms. The molecule has 2 heterocycles. The number of fused-ring (bicyclic) bond motifs is 1. The number of ketones is 1. The Morgan fingerprint density at radius 1 is 1.25 bits per heavy atom. The van der Waals surface area contributed by atoms with Gasteiger partial charge < -0.3 is 4.74 Å². The Bertz CT molecular complexity index is 1050. The minimum absolute atomic E-state index is 0.218. The number of nitrogens with zero attached hydrogens (tertiary/aromatic N) is 3. The monoisotopic (exact) mass is 417 g/mol. The fourth-order valence-corrected chi connectivity index (χ4v) is 4.05. The number of rotatable bonds is 6. The van der Waals surface area contributed by atoms with Crippen molar-refractivity contribution >= 4 is 40.8 Å². The first-order valence-corrected chi connectivity index (χ1v) is 10.0. The third-order valence-electron chi connectivity index (χ3n) is 4.10. The van der Waals surface area contributed by atoms with Crippen molar-refractivity contribution in [3.05, 3.63) is 46.7 Å². The molecule has 0 saturated heterocycles. The quantitative estimate of drug-likeness (QED) is 0.258. The van der Waals surface area contributed by atoms with E-state index in [-0.39, 0.29) is 12.4 Å². The molecule has 1 unspecified atom stereocenters. The lowest BCUT2D eigenvalue weighted by molar-refractivity contribution is -0.144. The van der Waals surface area contributed by atoms with Crippen LogP contribution in [0.3, 0.4) is 0 Å². The number of Topliss-reactive ketones (excluding diaryl/α,β-unsaturated/α-hetero) is 1. The summed E-state index contributed by atoms with van der Waals surface area (Å²) in [5.74, 6) is -0.822. The molecule has 1 atom stereocenters. The molecule has 28 heavy (non-hydrogen) atoms. The van der Waals surface area contributed by atoms with Crippen LogP contribution in [0.15, 0.2) is 35.4 Å². The fraction of sp³-hybridized carbons (Fsp3) is 0.300. The second-order valence-electron chi connectivity index (χ2n) is 6.30. The molecular weight excluding hydrogens is 398 g/mol. The van der Waals surface area contributed by atoms with Crippen molar-refractivity contribution in [1.29, 1.82) is 0 Å². The lowest BCUT2D eigenvalue weighted by Crippen LogP contribution is -2.27. The first kappa shape index (κ1) is 20.4. The van der Waals surface area contributed by atoms with E-state index in [1.807, 2.05) is 44.2 Å². The van der Waals surface area contributed by atoms with E-state index in [1.165, 1.54) is 6.92 Å². The van der Waals surface area contributed by atoms with E-state index in [2.05, 4.69) is 10.1 Å². The topological polar surface area (TPSA) is 73.6 Å². The Hall–Kier alpha value is -2.38. The van der Waals surface area contributed by atoms with Gasteiger partial charge in [0.15, 0.2) is 16.7 Å². The van der Waals surface area contributed by atoms with Gasteiger partial charge in [0.2, 0.25) is 0 Å². The predicted molar refractivity (Wildman–Crippen MR) is 110 cm³/mol. The van der Waals surface area contributed by atoms with Crippen LogP contribution < -0.4 is 0 Å². The van der Waals surface area contributed by atoms with Gasteiger partial charge in [0, 0.05) is 16.3 Å². The maximum Gasteiger partial charge on any atom is 0.327 e. The number of ether oxygens (including phenoxy) is 1. The Kier molecular flexibility index (Phi) is 6.05. The van der Waals surface area contributed by atoms with Crippen LogP contribution in [0.2, 0.25) is 5.02 Å². The van der Waals surface area contributed by atoms with Crippen molar-refractivity contribution in [3.8, 4) is 11.1 Å². The number of hydrogen-bond acceptors (Lipinski definition) is 6. The number of benzene rings is 1. The molecular formula is C20H20ClN3O3S. The summed E-state index contributed by atoms with van der Waals surface area (Å²) in [7, 11) is 0. The van der Waals surface area contributed by atoms with Crippen LogP contribution in [0, 0.1) is 13.8 Å². The van der Waals surface area contributed by atoms with Crippen LogP contribution in [-0.4, -0.2) is 38.2 Å². The summed E-state index contributed by atoms with van der Waals surface area (Å²) in [6.07, 6.45) is 0. The van der Waals surface area contributed by atoms with Crippen LogP contribution in [0.25, 0.3) is 16.8 Å². The van der Waals surface area contributed by atoms with E-state index in [0.29, 0.717) is 15.7 Å². The molecule has 2 aromatic heterocycles. The third kappa shape index (κ3) is 4.05. The summed E-state index contributed by atoms with van der Waals surface area (Å²) < 4.78 is 6.72. The standard InChI is InChI=1S/C20H20ClN3O3S/c1-5-27-20(26)18(13(4)25)28-16-10-11(2)22-19-17(12(3)23-24(16)19)14-6-8-15(21)9-7-14/h6-10,18H,5H2,1-4H3. The molecule has 0 saturated carbocycles. The Morgan fingerprint density at radius 3 is 2.54 bits per heavy atom. The SMILES string of the molecule is CCOC(=O)C(Sc1cc(C)nc2c(-c3ccc(Cl)cc3)c(C)nn12)C(C)=O. The molecule has 3 rings (SSSR count). The van der Waals surface area contributed by atoms with Gasteiger partial charge in [-0.2, -0.15) is 5.10 Å². The molecule has 0 N–H and O–H groups in total. The maximum atomic E-state index is 12.2. The van der Waals surface area contributed by atoms with Crippen LogP contribution in [0.5, 0.6) is 0 Å². The van der Waals surface area contributed by atoms with Gasteiger partial charge in [0.25, 0.3) is 0 Å². The van der Waals surface area contributed by atoms with Crippen molar-refractivity contribution in [1.82, 2.24) is 14.6 Å². The van der Waals surface area contributed by atoms with Gasteiger partial charge in [-0.25, -0.2) is 9.50 Å². The third-order valence-corrected chi connectivity index (χ3v) is 5.65. The van der Waals surface area contributed by atoms with E-state index in [4.69, 9.17) is 16.3 Å². The van der Waals surface area contributed by atoms with Crippen LogP contribution in [0.4, 0.5) is 0 Å². The summed E-state index contributed by atoms with van der Waals surface area (Å²) in [6, 6.07) is 9.28. The minimum atomic E-state index is -0.951. The molecule has 0 radical (unpaired) electrons. The lowest BCUT2D eigenvalue weighted by atomic mass is 10.1. The van der Waals surface area contributed by atoms with Crippen molar-refractivity contribution < 1.29 is 14.3 Å². The van der Waals surface area contributed by atoms with E-state index in [0.717, 1.165) is 34.3 Å². The van der Waals surface area contributed by atoms with Gasteiger partial charge in [-0.15, -0.1) is 0 Å². The number of aromatic nitrogens is 3. The predicted octanol–water partition coefficient (Wildman–Crippen LogP) is 4.28. The number of aryl methyl sites for hydroxylation is 2. The maximum absolute atomic E-state index is 12.2. The minimum Gasteiger partial charge on any atom is -0.465 e. The zero-order valence-electron chi connectivity index (χ0n) is 16.0. The smallest absolute Gasteiger partial charge is 0.327 e. The van der Waals surface area contributed by atoms with Gasteiger partial charge in [0.05, 0.1) is 12.3 Å². The van der Waals surface area contributed by atoms with Crippen molar-refractivity contribution in [3.63, 3.8) is 0 Å². The van der Waals surface area contributed by atoms with E-state index < -0.39 is 11.2 Å². The summed E-state index contributed by atoms with van der Waals surface area (Å²) in [4.78, 5) is 28.9. The first-order chi connectivity index (χ1) is 13.3. The molecule has 146 valence electrons. The molecule has 6 nitrogen and oxygen atoms in total. The Labute approximate surface area is 172 Å². The second kappa shape index (κ2) is 8.32. The molecule has 0 fully saturated rings. The molecule has 0 aliphatic heterocycles. The number of esters is 1. The number of halogens is 1. The Balaban J connectivity index is 2.12. The average Bonchev–Trinajstić information content (AvgIpc) is 2.96. The van der Waals surface area contributed by atoms with Crippen LogP contribution in [0.1, 0.15) is 25.2 Å². The van der Waals surface area contributed by atoms with Gasteiger partial charge in [-0.05, 0) is 51.5 Å². The number of thioether (sulfide) groups is 1.